The number of anilines is 1. The Kier molecular flexibility index (Phi) is 5.20. The maximum absolute atomic E-state index is 11.9. The number of hydrogen-bond acceptors (Lipinski definition) is 4. The minimum atomic E-state index is -0.578. The van der Waals surface area contributed by atoms with Gasteiger partial charge < -0.3 is 14.8 Å². The summed E-state index contributed by atoms with van der Waals surface area (Å²) >= 11 is 0. The lowest BCUT2D eigenvalue weighted by atomic mass is 10.0. The Balaban J connectivity index is 2.10. The lowest BCUT2D eigenvalue weighted by molar-refractivity contribution is -0.151. The van der Waals surface area contributed by atoms with Gasteiger partial charge in [-0.3, -0.25) is 4.79 Å². The summed E-state index contributed by atoms with van der Waals surface area (Å²) in [6, 6.07) is 5.47. The largest absolute Gasteiger partial charge is 0.479 e. The topological polar surface area (TPSA) is 64.6 Å². The highest BCUT2D eigenvalue weighted by molar-refractivity contribution is 5.94. The molecule has 1 aliphatic heterocycles. The van der Waals surface area contributed by atoms with Crippen LogP contribution in [0.15, 0.2) is 18.2 Å². The number of rotatable bonds is 6. The fourth-order valence-electron chi connectivity index (χ4n) is 2.32. The van der Waals surface area contributed by atoms with Crippen molar-refractivity contribution in [2.24, 2.45) is 0 Å². The quantitative estimate of drug-likeness (QED) is 0.818. The molecule has 5 heteroatoms. The van der Waals surface area contributed by atoms with E-state index in [-0.39, 0.29) is 11.9 Å². The van der Waals surface area contributed by atoms with Gasteiger partial charge in [-0.2, -0.15) is 0 Å². The SMILES string of the molecule is CCCC(Oc1ccc2c(c1)CCC(=O)N2)C(=O)OCC. The van der Waals surface area contributed by atoms with Gasteiger partial charge in [-0.05, 0) is 43.5 Å². The minimum Gasteiger partial charge on any atom is -0.479 e. The predicted octanol–water partition coefficient (Wildman–Crippen LogP) is 2.68. The van der Waals surface area contributed by atoms with Crippen LogP contribution >= 0.6 is 0 Å². The fraction of sp³-hybridized carbons (Fsp3) is 0.500. The molecule has 0 fully saturated rings. The number of hydrogen-bond donors (Lipinski definition) is 1. The molecular formula is C16H21NO4. The number of nitrogens with one attached hydrogen (secondary N) is 1. The number of fused-ring (bicyclic) bond motifs is 1. The molecule has 1 aromatic rings. The molecule has 1 aromatic carbocycles. The van der Waals surface area contributed by atoms with E-state index in [4.69, 9.17) is 9.47 Å². The van der Waals surface area contributed by atoms with Crippen LogP contribution in [0, 0.1) is 0 Å². The van der Waals surface area contributed by atoms with E-state index < -0.39 is 6.10 Å². The Hall–Kier alpha value is -2.04. The summed E-state index contributed by atoms with van der Waals surface area (Å²) < 4.78 is 10.8. The van der Waals surface area contributed by atoms with Gasteiger partial charge in [-0.25, -0.2) is 4.79 Å². The lowest BCUT2D eigenvalue weighted by Crippen LogP contribution is -2.29. The maximum Gasteiger partial charge on any atom is 0.347 e. The number of carbonyl (C=O) groups excluding carboxylic acids is 2. The van der Waals surface area contributed by atoms with Crippen molar-refractivity contribution in [3.05, 3.63) is 23.8 Å². The average Bonchev–Trinajstić information content (AvgIpc) is 2.47. The first-order valence-corrected chi connectivity index (χ1v) is 7.40. The molecule has 114 valence electrons. The van der Waals surface area contributed by atoms with Crippen molar-refractivity contribution in [1.82, 2.24) is 0 Å². The van der Waals surface area contributed by atoms with Crippen molar-refractivity contribution in [2.45, 2.75) is 45.6 Å². The number of ether oxygens (including phenoxy) is 2. The molecule has 2 rings (SSSR count). The van der Waals surface area contributed by atoms with Gasteiger partial charge in [-0.1, -0.05) is 13.3 Å². The number of benzene rings is 1. The van der Waals surface area contributed by atoms with Crippen LogP contribution in [-0.2, 0) is 20.7 Å². The Labute approximate surface area is 124 Å². The third-order valence-electron chi connectivity index (χ3n) is 3.35. The highest BCUT2D eigenvalue weighted by atomic mass is 16.6. The van der Waals surface area contributed by atoms with Crippen LogP contribution in [0.4, 0.5) is 5.69 Å². The molecule has 0 saturated heterocycles. The molecule has 0 saturated carbocycles. The van der Waals surface area contributed by atoms with Crippen LogP contribution in [0.5, 0.6) is 5.75 Å². The summed E-state index contributed by atoms with van der Waals surface area (Å²) in [5, 5.41) is 2.82. The summed E-state index contributed by atoms with van der Waals surface area (Å²) in [4.78, 5) is 23.2. The van der Waals surface area contributed by atoms with Crippen molar-refractivity contribution in [3.8, 4) is 5.75 Å². The van der Waals surface area contributed by atoms with Gasteiger partial charge in [0.1, 0.15) is 5.75 Å². The molecule has 0 aromatic heterocycles. The predicted molar refractivity (Wildman–Crippen MR) is 79.3 cm³/mol. The van der Waals surface area contributed by atoms with Crippen LogP contribution < -0.4 is 10.1 Å². The number of esters is 1. The Bertz CT molecular complexity index is 527. The zero-order chi connectivity index (χ0) is 15.2. The van der Waals surface area contributed by atoms with Gasteiger partial charge in [-0.15, -0.1) is 0 Å². The van der Waals surface area contributed by atoms with E-state index in [1.165, 1.54) is 0 Å². The first-order valence-electron chi connectivity index (χ1n) is 7.40. The average molecular weight is 291 g/mol. The molecule has 0 spiro atoms. The van der Waals surface area contributed by atoms with E-state index in [9.17, 15) is 9.59 Å². The van der Waals surface area contributed by atoms with E-state index in [1.54, 1.807) is 13.0 Å². The van der Waals surface area contributed by atoms with Crippen LogP contribution in [0.3, 0.4) is 0 Å². The molecule has 1 aliphatic rings. The van der Waals surface area contributed by atoms with E-state index in [0.29, 0.717) is 31.6 Å². The second-order valence-electron chi connectivity index (χ2n) is 5.01. The molecule has 1 heterocycles. The van der Waals surface area contributed by atoms with Crippen molar-refractivity contribution in [3.63, 3.8) is 0 Å². The summed E-state index contributed by atoms with van der Waals surface area (Å²) in [5.41, 5.74) is 1.85. The summed E-state index contributed by atoms with van der Waals surface area (Å²) in [7, 11) is 0. The fourth-order valence-corrected chi connectivity index (χ4v) is 2.32. The van der Waals surface area contributed by atoms with Crippen molar-refractivity contribution in [1.29, 1.82) is 0 Å². The smallest absolute Gasteiger partial charge is 0.347 e. The van der Waals surface area contributed by atoms with Crippen LogP contribution in [0.2, 0.25) is 0 Å². The van der Waals surface area contributed by atoms with Gasteiger partial charge in [0.25, 0.3) is 0 Å². The van der Waals surface area contributed by atoms with Crippen LogP contribution in [0.1, 0.15) is 38.7 Å². The van der Waals surface area contributed by atoms with Gasteiger partial charge in [0.15, 0.2) is 6.10 Å². The van der Waals surface area contributed by atoms with E-state index in [0.717, 1.165) is 17.7 Å². The highest BCUT2D eigenvalue weighted by Crippen LogP contribution is 2.27. The number of amides is 1. The van der Waals surface area contributed by atoms with Gasteiger partial charge in [0, 0.05) is 12.1 Å². The first-order chi connectivity index (χ1) is 10.1. The van der Waals surface area contributed by atoms with Crippen molar-refractivity contribution < 1.29 is 19.1 Å². The number of carbonyl (C=O) groups is 2. The summed E-state index contributed by atoms with van der Waals surface area (Å²) in [5.74, 6) is 0.341. The zero-order valence-corrected chi connectivity index (χ0v) is 12.5. The monoisotopic (exact) mass is 291 g/mol. The van der Waals surface area contributed by atoms with Gasteiger partial charge in [0.05, 0.1) is 6.61 Å². The zero-order valence-electron chi connectivity index (χ0n) is 12.5. The normalized spacial score (nSPS) is 14.9. The standard InChI is InChI=1S/C16H21NO4/c1-3-5-14(16(19)20-4-2)21-12-7-8-13-11(10-12)6-9-15(18)17-13/h7-8,10,14H,3-6,9H2,1-2H3,(H,17,18). The molecule has 1 N–H and O–H groups in total. The number of aryl methyl sites for hydroxylation is 1. The summed E-state index contributed by atoms with van der Waals surface area (Å²) in [6.07, 6.45) is 2.05. The van der Waals surface area contributed by atoms with Crippen molar-refractivity contribution in [2.75, 3.05) is 11.9 Å². The Morgan fingerprint density at radius 2 is 2.14 bits per heavy atom. The van der Waals surface area contributed by atoms with E-state index in [2.05, 4.69) is 5.32 Å². The van der Waals surface area contributed by atoms with Crippen LogP contribution in [0.25, 0.3) is 0 Å². The van der Waals surface area contributed by atoms with Crippen LogP contribution in [-0.4, -0.2) is 24.6 Å². The molecule has 0 radical (unpaired) electrons. The Morgan fingerprint density at radius 1 is 1.33 bits per heavy atom. The molecular weight excluding hydrogens is 270 g/mol. The van der Waals surface area contributed by atoms with Gasteiger partial charge in [0.2, 0.25) is 5.91 Å². The maximum atomic E-state index is 11.9. The second kappa shape index (κ2) is 7.11. The Morgan fingerprint density at radius 3 is 2.86 bits per heavy atom. The third kappa shape index (κ3) is 3.97. The molecule has 1 unspecified atom stereocenters. The molecule has 5 nitrogen and oxygen atoms in total. The summed E-state index contributed by atoms with van der Waals surface area (Å²) in [6.45, 7) is 4.12. The molecule has 1 atom stereocenters. The molecule has 1 amide bonds. The van der Waals surface area contributed by atoms with Gasteiger partial charge >= 0.3 is 5.97 Å². The van der Waals surface area contributed by atoms with E-state index in [1.807, 2.05) is 19.1 Å². The van der Waals surface area contributed by atoms with Crippen molar-refractivity contribution >= 4 is 17.6 Å². The molecule has 0 bridgehead atoms. The van der Waals surface area contributed by atoms with E-state index >= 15 is 0 Å². The second-order valence-corrected chi connectivity index (χ2v) is 5.01. The molecule has 0 aliphatic carbocycles. The minimum absolute atomic E-state index is 0.0338. The first kappa shape index (κ1) is 15.4. The molecule has 21 heavy (non-hydrogen) atoms. The lowest BCUT2D eigenvalue weighted by Gasteiger charge is -2.20. The third-order valence-corrected chi connectivity index (χ3v) is 3.35. The highest BCUT2D eigenvalue weighted by Gasteiger charge is 2.22.